The molecule has 0 unspecified atom stereocenters. The lowest BCUT2D eigenvalue weighted by molar-refractivity contribution is 0.559. The summed E-state index contributed by atoms with van der Waals surface area (Å²) < 4.78 is 23.3. The second-order valence-corrected chi connectivity index (χ2v) is 7.64. The molecule has 1 aromatic rings. The Hall–Kier alpha value is -0.870. The number of rotatable bonds is 3. The van der Waals surface area contributed by atoms with E-state index in [0.717, 1.165) is 11.1 Å². The fourth-order valence-corrected chi connectivity index (χ4v) is 2.33. The first kappa shape index (κ1) is 13.2. The van der Waals surface area contributed by atoms with Crippen molar-refractivity contribution in [3.8, 4) is 0 Å². The molecule has 0 aliphatic heterocycles. The van der Waals surface area contributed by atoms with Crippen molar-refractivity contribution in [2.24, 2.45) is 5.73 Å². The van der Waals surface area contributed by atoms with Crippen LogP contribution in [0.4, 0.5) is 0 Å². The van der Waals surface area contributed by atoms with Crippen LogP contribution in [0, 0.1) is 0 Å². The summed E-state index contributed by atoms with van der Waals surface area (Å²) in [5, 5.41) is 0. The first-order valence-corrected chi connectivity index (χ1v) is 6.92. The molecule has 0 amide bonds. The molecular formula is C12H19NO2S. The number of hydrogen-bond donors (Lipinski definition) is 1. The van der Waals surface area contributed by atoms with Gasteiger partial charge < -0.3 is 5.73 Å². The van der Waals surface area contributed by atoms with Crippen molar-refractivity contribution in [3.05, 3.63) is 35.4 Å². The summed E-state index contributed by atoms with van der Waals surface area (Å²) in [6.07, 6.45) is 0. The quantitative estimate of drug-likeness (QED) is 0.878. The first-order valence-electron chi connectivity index (χ1n) is 5.26. The molecule has 0 fully saturated rings. The van der Waals surface area contributed by atoms with Gasteiger partial charge in [-0.1, -0.05) is 24.3 Å². The number of benzene rings is 1. The summed E-state index contributed by atoms with van der Waals surface area (Å²) >= 11 is 0. The van der Waals surface area contributed by atoms with Crippen LogP contribution in [0.3, 0.4) is 0 Å². The Labute approximate surface area is 97.6 Å². The van der Waals surface area contributed by atoms with Crippen LogP contribution in [0.2, 0.25) is 0 Å². The zero-order chi connectivity index (χ0) is 12.4. The Morgan fingerprint density at radius 3 is 2.25 bits per heavy atom. The number of nitrogens with two attached hydrogens (primary N) is 1. The van der Waals surface area contributed by atoms with Gasteiger partial charge in [-0.2, -0.15) is 0 Å². The zero-order valence-electron chi connectivity index (χ0n) is 10.0. The molecule has 1 aromatic carbocycles. The van der Waals surface area contributed by atoms with Gasteiger partial charge in [-0.25, -0.2) is 8.42 Å². The van der Waals surface area contributed by atoms with Crippen molar-refractivity contribution in [1.82, 2.24) is 0 Å². The molecule has 0 saturated carbocycles. The van der Waals surface area contributed by atoms with Crippen LogP contribution in [-0.2, 0) is 22.1 Å². The Morgan fingerprint density at radius 1 is 1.19 bits per heavy atom. The Balaban J connectivity index is 2.97. The molecule has 16 heavy (non-hydrogen) atoms. The average molecular weight is 241 g/mol. The molecule has 0 aromatic heterocycles. The van der Waals surface area contributed by atoms with Gasteiger partial charge in [-0.3, -0.25) is 0 Å². The Kier molecular flexibility index (Phi) is 3.76. The predicted octanol–water partition coefficient (Wildman–Crippen LogP) is 1.86. The van der Waals surface area contributed by atoms with Crippen LogP contribution in [-0.4, -0.2) is 13.2 Å². The molecule has 0 aliphatic carbocycles. The lowest BCUT2D eigenvalue weighted by Crippen LogP contribution is -2.29. The van der Waals surface area contributed by atoms with E-state index in [1.807, 2.05) is 24.3 Å². The summed E-state index contributed by atoms with van der Waals surface area (Å²) in [7, 11) is -3.12. The van der Waals surface area contributed by atoms with Crippen molar-refractivity contribution >= 4 is 9.84 Å². The van der Waals surface area contributed by atoms with Crippen molar-refractivity contribution in [2.75, 3.05) is 0 Å². The molecule has 0 bridgehead atoms. The van der Waals surface area contributed by atoms with Crippen LogP contribution in [0.15, 0.2) is 24.3 Å². The molecule has 90 valence electrons. The standard InChI is InChI=1S/C12H19NO2S/c1-12(2,3)16(14,15)9-11-6-4-5-10(7-11)8-13/h4-7H,8-9,13H2,1-3H3. The summed E-state index contributed by atoms with van der Waals surface area (Å²) in [6.45, 7) is 5.59. The van der Waals surface area contributed by atoms with Gasteiger partial charge in [0.25, 0.3) is 0 Å². The molecule has 1 rings (SSSR count). The highest BCUT2D eigenvalue weighted by Gasteiger charge is 2.28. The molecule has 0 radical (unpaired) electrons. The normalized spacial score (nSPS) is 12.8. The van der Waals surface area contributed by atoms with Gasteiger partial charge in [0.05, 0.1) is 10.5 Å². The lowest BCUT2D eigenvalue weighted by Gasteiger charge is -2.19. The third-order valence-corrected chi connectivity index (χ3v) is 5.10. The first-order chi connectivity index (χ1) is 7.26. The smallest absolute Gasteiger partial charge is 0.159 e. The van der Waals surface area contributed by atoms with Crippen LogP contribution < -0.4 is 5.73 Å². The fraction of sp³-hybridized carbons (Fsp3) is 0.500. The number of hydrogen-bond acceptors (Lipinski definition) is 3. The van der Waals surface area contributed by atoms with Gasteiger partial charge in [0.1, 0.15) is 0 Å². The van der Waals surface area contributed by atoms with Crippen LogP contribution in [0.25, 0.3) is 0 Å². The van der Waals surface area contributed by atoms with Crippen LogP contribution >= 0.6 is 0 Å². The molecule has 2 N–H and O–H groups in total. The van der Waals surface area contributed by atoms with Crippen molar-refractivity contribution < 1.29 is 8.42 Å². The average Bonchev–Trinajstić information content (AvgIpc) is 2.15. The molecule has 0 spiro atoms. The van der Waals surface area contributed by atoms with E-state index in [9.17, 15) is 8.42 Å². The van der Waals surface area contributed by atoms with Crippen molar-refractivity contribution in [3.63, 3.8) is 0 Å². The Morgan fingerprint density at radius 2 is 1.75 bits per heavy atom. The second-order valence-electron chi connectivity index (χ2n) is 4.90. The molecule has 0 aliphatic rings. The van der Waals surface area contributed by atoms with Gasteiger partial charge in [-0.05, 0) is 31.9 Å². The van der Waals surface area contributed by atoms with E-state index in [1.165, 1.54) is 0 Å². The van der Waals surface area contributed by atoms with Gasteiger partial charge in [0.15, 0.2) is 9.84 Å². The summed E-state index contributed by atoms with van der Waals surface area (Å²) in [5.74, 6) is 0.0737. The number of sulfone groups is 1. The summed E-state index contributed by atoms with van der Waals surface area (Å²) in [6, 6.07) is 7.41. The minimum absolute atomic E-state index is 0.0737. The van der Waals surface area contributed by atoms with Gasteiger partial charge >= 0.3 is 0 Å². The highest BCUT2D eigenvalue weighted by atomic mass is 32.2. The van der Waals surface area contributed by atoms with Crippen molar-refractivity contribution in [1.29, 1.82) is 0 Å². The predicted molar refractivity (Wildman–Crippen MR) is 66.7 cm³/mol. The molecule has 3 nitrogen and oxygen atoms in total. The maximum atomic E-state index is 12.0. The van der Waals surface area contributed by atoms with Gasteiger partial charge in [0, 0.05) is 6.54 Å². The van der Waals surface area contributed by atoms with Crippen molar-refractivity contribution in [2.45, 2.75) is 37.8 Å². The van der Waals surface area contributed by atoms with Gasteiger partial charge in [0.2, 0.25) is 0 Å². The third-order valence-electron chi connectivity index (χ3n) is 2.52. The van der Waals surface area contributed by atoms with E-state index in [0.29, 0.717) is 6.54 Å². The van der Waals surface area contributed by atoms with Gasteiger partial charge in [-0.15, -0.1) is 0 Å². The SMILES string of the molecule is CC(C)(C)S(=O)(=O)Cc1cccc(CN)c1. The van der Waals surface area contributed by atoms with Crippen LogP contribution in [0.5, 0.6) is 0 Å². The van der Waals surface area contributed by atoms with E-state index < -0.39 is 14.6 Å². The topological polar surface area (TPSA) is 60.2 Å². The fourth-order valence-electron chi connectivity index (χ4n) is 1.28. The molecule has 4 heteroatoms. The van der Waals surface area contributed by atoms with E-state index in [-0.39, 0.29) is 5.75 Å². The molecular weight excluding hydrogens is 222 g/mol. The maximum absolute atomic E-state index is 12.0. The molecule has 0 heterocycles. The summed E-state index contributed by atoms with van der Waals surface area (Å²) in [5.41, 5.74) is 7.28. The monoisotopic (exact) mass is 241 g/mol. The molecule has 0 atom stereocenters. The minimum Gasteiger partial charge on any atom is -0.326 e. The van der Waals surface area contributed by atoms with E-state index in [2.05, 4.69) is 0 Å². The highest BCUT2D eigenvalue weighted by molar-refractivity contribution is 7.91. The highest BCUT2D eigenvalue weighted by Crippen LogP contribution is 2.20. The van der Waals surface area contributed by atoms with Crippen LogP contribution in [0.1, 0.15) is 31.9 Å². The Bertz CT molecular complexity index is 458. The molecule has 0 saturated heterocycles. The van der Waals surface area contributed by atoms with E-state index in [4.69, 9.17) is 5.73 Å². The zero-order valence-corrected chi connectivity index (χ0v) is 10.8. The van der Waals surface area contributed by atoms with E-state index in [1.54, 1.807) is 20.8 Å². The lowest BCUT2D eigenvalue weighted by atomic mass is 10.1. The maximum Gasteiger partial charge on any atom is 0.159 e. The minimum atomic E-state index is -3.12. The van der Waals surface area contributed by atoms with E-state index >= 15 is 0 Å². The third kappa shape index (κ3) is 3.06. The second kappa shape index (κ2) is 4.55. The largest absolute Gasteiger partial charge is 0.326 e. The summed E-state index contributed by atoms with van der Waals surface area (Å²) in [4.78, 5) is 0.